The molecule has 0 aliphatic rings. The minimum atomic E-state index is -3.62. The molecule has 3 rings (SSSR count). The van der Waals surface area contributed by atoms with Crippen LogP contribution in [0.3, 0.4) is 0 Å². The Balaban J connectivity index is 1.90. The van der Waals surface area contributed by atoms with Crippen LogP contribution >= 0.6 is 11.6 Å². The Morgan fingerprint density at radius 1 is 1.42 bits per heavy atom. The van der Waals surface area contributed by atoms with E-state index in [0.29, 0.717) is 5.69 Å². The van der Waals surface area contributed by atoms with Crippen LogP contribution in [0.15, 0.2) is 24.4 Å². The first-order valence-electron chi connectivity index (χ1n) is 6.95. The monoisotopic (exact) mass is 354 g/mol. The molecule has 3 aromatic rings. The average Bonchev–Trinajstić information content (AvgIpc) is 3.08. The predicted molar refractivity (Wildman–Crippen MR) is 81.8 cm³/mol. The maximum atomic E-state index is 13.5. The highest BCUT2D eigenvalue weighted by atomic mass is 35.5. The lowest BCUT2D eigenvalue weighted by atomic mass is 10.3. The second kappa shape index (κ2) is 5.82. The molecule has 0 aliphatic carbocycles. The lowest BCUT2D eigenvalue weighted by molar-refractivity contribution is 0.0864. The van der Waals surface area contributed by atoms with Crippen molar-refractivity contribution in [2.45, 2.75) is 18.9 Å². The minimum Gasteiger partial charge on any atom is -0.345 e. The first-order valence-corrected chi connectivity index (χ1v) is 7.33. The minimum absolute atomic E-state index is 0.0302. The molecule has 0 aliphatic heterocycles. The van der Waals surface area contributed by atoms with Gasteiger partial charge in [0, 0.05) is 25.0 Å². The van der Waals surface area contributed by atoms with Crippen LogP contribution in [0, 0.1) is 6.92 Å². The summed E-state index contributed by atoms with van der Waals surface area (Å²) in [6.07, 6.45) is 1.61. The Kier molecular flexibility index (Phi) is 3.96. The Bertz CT molecular complexity index is 914. The Morgan fingerprint density at radius 3 is 2.79 bits per heavy atom. The van der Waals surface area contributed by atoms with E-state index >= 15 is 0 Å². The third kappa shape index (κ3) is 3.07. The number of hydrogen-bond donors (Lipinski definition) is 1. The van der Waals surface area contributed by atoms with E-state index in [-0.39, 0.29) is 17.9 Å². The summed E-state index contributed by atoms with van der Waals surface area (Å²) < 4.78 is 29.5. The molecule has 0 atom stereocenters. The zero-order chi connectivity index (χ0) is 17.5. The molecule has 24 heavy (non-hydrogen) atoms. The zero-order valence-electron chi connectivity index (χ0n) is 12.8. The van der Waals surface area contributed by atoms with Crippen molar-refractivity contribution in [1.82, 2.24) is 29.7 Å². The van der Waals surface area contributed by atoms with Crippen LogP contribution in [-0.4, -0.2) is 30.3 Å². The molecule has 3 heterocycles. The second-order valence-electron chi connectivity index (χ2n) is 5.21. The van der Waals surface area contributed by atoms with Crippen molar-refractivity contribution < 1.29 is 13.6 Å². The van der Waals surface area contributed by atoms with Crippen LogP contribution < -0.4 is 5.32 Å². The molecule has 1 amide bonds. The van der Waals surface area contributed by atoms with Crippen LogP contribution in [-0.2, 0) is 19.0 Å². The maximum absolute atomic E-state index is 13.5. The molecule has 126 valence electrons. The third-order valence-electron chi connectivity index (χ3n) is 3.43. The van der Waals surface area contributed by atoms with Gasteiger partial charge in [-0.3, -0.25) is 9.48 Å². The van der Waals surface area contributed by atoms with Crippen LogP contribution in [0.2, 0.25) is 0 Å². The molecule has 0 saturated carbocycles. The molecule has 0 saturated heterocycles. The van der Waals surface area contributed by atoms with Gasteiger partial charge >= 0.3 is 5.38 Å². The number of nitrogens with one attached hydrogen (secondary N) is 1. The number of aromatic nitrogens is 5. The first kappa shape index (κ1) is 16.3. The van der Waals surface area contributed by atoms with Gasteiger partial charge in [-0.05, 0) is 30.7 Å². The van der Waals surface area contributed by atoms with Gasteiger partial charge in [-0.15, -0.1) is 0 Å². The number of rotatable bonds is 4. The van der Waals surface area contributed by atoms with E-state index in [1.54, 1.807) is 30.9 Å². The molecule has 1 N–H and O–H groups in total. The number of aryl methyl sites for hydroxylation is 2. The molecular formula is C14H13ClF2N6O. The summed E-state index contributed by atoms with van der Waals surface area (Å²) in [6.45, 7) is 1.79. The van der Waals surface area contributed by atoms with Crippen LogP contribution in [0.5, 0.6) is 0 Å². The fraction of sp³-hybridized carbons (Fsp3) is 0.286. The quantitative estimate of drug-likeness (QED) is 0.727. The lowest BCUT2D eigenvalue weighted by Crippen LogP contribution is -2.24. The van der Waals surface area contributed by atoms with E-state index < -0.39 is 17.0 Å². The lowest BCUT2D eigenvalue weighted by Gasteiger charge is -2.10. The van der Waals surface area contributed by atoms with Crippen molar-refractivity contribution in [1.29, 1.82) is 0 Å². The summed E-state index contributed by atoms with van der Waals surface area (Å²) in [5.74, 6) is -0.511. The number of carbonyl (C=O) groups excluding carboxylic acids is 1. The summed E-state index contributed by atoms with van der Waals surface area (Å²) in [7, 11) is 1.74. The first-order chi connectivity index (χ1) is 11.3. The molecule has 0 radical (unpaired) electrons. The molecule has 0 bridgehead atoms. The third-order valence-corrected chi connectivity index (χ3v) is 3.62. The highest BCUT2D eigenvalue weighted by Crippen LogP contribution is 2.32. The summed E-state index contributed by atoms with van der Waals surface area (Å²) in [4.78, 5) is 16.3. The number of amides is 1. The van der Waals surface area contributed by atoms with E-state index in [9.17, 15) is 13.6 Å². The Morgan fingerprint density at radius 2 is 2.17 bits per heavy atom. The molecular weight excluding hydrogens is 342 g/mol. The summed E-state index contributed by atoms with van der Waals surface area (Å²) in [5.41, 5.74) is 0.680. The number of fused-ring (bicyclic) bond motifs is 1. The average molecular weight is 355 g/mol. The van der Waals surface area contributed by atoms with Gasteiger partial charge in [-0.1, -0.05) is 0 Å². The van der Waals surface area contributed by atoms with Crippen molar-refractivity contribution in [3.05, 3.63) is 47.2 Å². The summed E-state index contributed by atoms with van der Waals surface area (Å²) >= 11 is 5.11. The topological polar surface area (TPSA) is 77.1 Å². The number of nitrogens with zero attached hydrogens (tertiary/aromatic N) is 5. The molecule has 7 nitrogen and oxygen atoms in total. The summed E-state index contributed by atoms with van der Waals surface area (Å²) in [5, 5.41) is 6.91. The molecule has 0 unspecified atom stereocenters. The van der Waals surface area contributed by atoms with Crippen LogP contribution in [0.4, 0.5) is 8.78 Å². The highest BCUT2D eigenvalue weighted by Gasteiger charge is 2.32. The molecule has 0 fully saturated rings. The van der Waals surface area contributed by atoms with Gasteiger partial charge in [0.1, 0.15) is 5.69 Å². The molecule has 3 aromatic heterocycles. The van der Waals surface area contributed by atoms with E-state index in [2.05, 4.69) is 20.5 Å². The smallest absolute Gasteiger partial charge is 0.345 e. The summed E-state index contributed by atoms with van der Waals surface area (Å²) in [6, 6.07) is 4.21. The van der Waals surface area contributed by atoms with E-state index in [1.807, 2.05) is 0 Å². The van der Waals surface area contributed by atoms with E-state index in [4.69, 9.17) is 11.6 Å². The van der Waals surface area contributed by atoms with Gasteiger partial charge in [-0.2, -0.15) is 19.0 Å². The van der Waals surface area contributed by atoms with Gasteiger partial charge in [0.15, 0.2) is 11.3 Å². The van der Waals surface area contributed by atoms with Crippen molar-refractivity contribution in [2.24, 2.45) is 7.05 Å². The van der Waals surface area contributed by atoms with Gasteiger partial charge in [-0.25, -0.2) is 9.50 Å². The largest absolute Gasteiger partial charge is 0.364 e. The maximum Gasteiger partial charge on any atom is 0.364 e. The number of carbonyl (C=O) groups is 1. The predicted octanol–water partition coefficient (Wildman–Crippen LogP) is 1.99. The standard InChI is InChI=1S/C14H13ClF2N6O/c1-8-5-11(14(15,16)17)23-12(20-8)6-10(21-23)13(24)18-7-9-3-4-19-22(9)2/h3-6H,7H2,1-2H3,(H,18,24). The fourth-order valence-electron chi connectivity index (χ4n) is 2.25. The normalized spacial score (nSPS) is 11.9. The van der Waals surface area contributed by atoms with E-state index in [0.717, 1.165) is 16.3 Å². The number of halogens is 3. The van der Waals surface area contributed by atoms with Crippen molar-refractivity contribution in [3.8, 4) is 0 Å². The molecule has 0 spiro atoms. The van der Waals surface area contributed by atoms with Crippen molar-refractivity contribution in [2.75, 3.05) is 0 Å². The SMILES string of the molecule is Cc1cc(C(F)(F)Cl)n2nc(C(=O)NCc3ccnn3C)cc2n1. The van der Waals surface area contributed by atoms with Gasteiger partial charge in [0.25, 0.3) is 5.91 Å². The molecule has 10 heteroatoms. The Hall–Kier alpha value is -2.55. The van der Waals surface area contributed by atoms with E-state index in [1.165, 1.54) is 6.07 Å². The van der Waals surface area contributed by atoms with Gasteiger partial charge < -0.3 is 5.32 Å². The second-order valence-corrected chi connectivity index (χ2v) is 5.68. The zero-order valence-corrected chi connectivity index (χ0v) is 13.6. The van der Waals surface area contributed by atoms with Gasteiger partial charge in [0.05, 0.1) is 12.2 Å². The van der Waals surface area contributed by atoms with Crippen molar-refractivity contribution in [3.63, 3.8) is 0 Å². The van der Waals surface area contributed by atoms with Gasteiger partial charge in [0.2, 0.25) is 0 Å². The van der Waals surface area contributed by atoms with Crippen LogP contribution in [0.25, 0.3) is 5.65 Å². The highest BCUT2D eigenvalue weighted by molar-refractivity contribution is 6.21. The number of hydrogen-bond acceptors (Lipinski definition) is 4. The molecule has 0 aromatic carbocycles. The fourth-order valence-corrected chi connectivity index (χ4v) is 2.38. The number of alkyl halides is 3. The Labute approximate surface area is 140 Å². The van der Waals surface area contributed by atoms with Crippen molar-refractivity contribution >= 4 is 23.2 Å². The van der Waals surface area contributed by atoms with Crippen LogP contribution in [0.1, 0.15) is 27.6 Å².